The quantitative estimate of drug-likeness (QED) is 0.821. The zero-order valence-corrected chi connectivity index (χ0v) is 12.1. The van der Waals surface area contributed by atoms with Crippen LogP contribution in [0.3, 0.4) is 0 Å². The Morgan fingerprint density at radius 3 is 2.67 bits per heavy atom. The first-order valence-electron chi connectivity index (χ1n) is 6.96. The van der Waals surface area contributed by atoms with E-state index in [0.29, 0.717) is 6.54 Å². The second-order valence-corrected chi connectivity index (χ2v) is 4.67. The Bertz CT molecular complexity index is 570. The van der Waals surface area contributed by atoms with Crippen LogP contribution >= 0.6 is 0 Å². The van der Waals surface area contributed by atoms with Gasteiger partial charge in [-0.3, -0.25) is 4.79 Å². The smallest absolute Gasteiger partial charge is 0.239 e. The number of nitrogens with one attached hydrogen (secondary N) is 2. The van der Waals surface area contributed by atoms with Crippen LogP contribution < -0.4 is 15.4 Å². The Balaban J connectivity index is 1.70. The molecular weight excluding hydrogens is 264 g/mol. The lowest BCUT2D eigenvalue weighted by Gasteiger charge is -2.09. The average molecular weight is 284 g/mol. The summed E-state index contributed by atoms with van der Waals surface area (Å²) in [5.74, 6) is 0.748. The number of hydrogen-bond acceptors (Lipinski definition) is 3. The molecule has 0 bridgehead atoms. The first-order valence-corrected chi connectivity index (χ1v) is 6.96. The van der Waals surface area contributed by atoms with Crippen molar-refractivity contribution in [1.29, 1.82) is 0 Å². The highest BCUT2D eigenvalue weighted by Gasteiger charge is 2.01. The molecule has 2 N–H and O–H groups in total. The van der Waals surface area contributed by atoms with Crippen molar-refractivity contribution in [3.63, 3.8) is 0 Å². The van der Waals surface area contributed by atoms with E-state index in [1.54, 1.807) is 7.11 Å². The van der Waals surface area contributed by atoms with E-state index in [9.17, 15) is 4.79 Å². The largest absolute Gasteiger partial charge is 0.497 e. The lowest BCUT2D eigenvalue weighted by molar-refractivity contribution is -0.119. The maximum Gasteiger partial charge on any atom is 0.239 e. The van der Waals surface area contributed by atoms with Gasteiger partial charge in [-0.05, 0) is 24.1 Å². The fraction of sp³-hybridized carbons (Fsp3) is 0.235. The summed E-state index contributed by atoms with van der Waals surface area (Å²) in [6.45, 7) is 0.893. The van der Waals surface area contributed by atoms with Gasteiger partial charge in [0.25, 0.3) is 0 Å². The predicted octanol–water partition coefficient (Wildman–Crippen LogP) is 2.47. The fourth-order valence-corrected chi connectivity index (χ4v) is 1.97. The van der Waals surface area contributed by atoms with Gasteiger partial charge < -0.3 is 15.4 Å². The number of benzene rings is 2. The van der Waals surface area contributed by atoms with Gasteiger partial charge in [-0.2, -0.15) is 0 Å². The molecular formula is C17H20N2O2. The van der Waals surface area contributed by atoms with Crippen LogP contribution in [0.5, 0.6) is 5.75 Å². The van der Waals surface area contributed by atoms with E-state index >= 15 is 0 Å². The van der Waals surface area contributed by atoms with Gasteiger partial charge >= 0.3 is 0 Å². The number of hydrogen-bond donors (Lipinski definition) is 2. The molecule has 2 aromatic carbocycles. The van der Waals surface area contributed by atoms with E-state index in [0.717, 1.165) is 17.9 Å². The van der Waals surface area contributed by atoms with Crippen molar-refractivity contribution >= 4 is 11.6 Å². The minimum absolute atomic E-state index is 0.0197. The zero-order chi connectivity index (χ0) is 14.9. The Morgan fingerprint density at radius 2 is 1.90 bits per heavy atom. The number of amides is 1. The molecule has 0 heterocycles. The standard InChI is InChI=1S/C17H20N2O2/c1-21-16-9-5-8-15(12-16)19-13-17(20)18-11-10-14-6-3-2-4-7-14/h2-9,12,19H,10-11,13H2,1H3,(H,18,20). The summed E-state index contributed by atoms with van der Waals surface area (Å²) in [5.41, 5.74) is 2.09. The molecule has 2 rings (SSSR count). The van der Waals surface area contributed by atoms with Gasteiger partial charge in [-0.15, -0.1) is 0 Å². The Kier molecular flexibility index (Phi) is 5.64. The number of anilines is 1. The number of ether oxygens (including phenoxy) is 1. The predicted molar refractivity (Wildman–Crippen MR) is 84.6 cm³/mol. The topological polar surface area (TPSA) is 50.4 Å². The molecule has 0 aromatic heterocycles. The van der Waals surface area contributed by atoms with Crippen LogP contribution in [0.1, 0.15) is 5.56 Å². The van der Waals surface area contributed by atoms with Crippen molar-refractivity contribution < 1.29 is 9.53 Å². The molecule has 0 saturated carbocycles. The molecule has 0 fully saturated rings. The third kappa shape index (κ3) is 5.18. The minimum atomic E-state index is -0.0197. The van der Waals surface area contributed by atoms with Gasteiger partial charge in [-0.1, -0.05) is 36.4 Å². The van der Waals surface area contributed by atoms with Gasteiger partial charge in [0.1, 0.15) is 5.75 Å². The normalized spacial score (nSPS) is 9.95. The molecule has 0 aliphatic heterocycles. The first kappa shape index (κ1) is 14.9. The molecule has 2 aromatic rings. The van der Waals surface area contributed by atoms with Crippen molar-refractivity contribution in [1.82, 2.24) is 5.32 Å². The maximum absolute atomic E-state index is 11.8. The van der Waals surface area contributed by atoms with Crippen LogP contribution in [0.15, 0.2) is 54.6 Å². The highest BCUT2D eigenvalue weighted by molar-refractivity contribution is 5.80. The summed E-state index contributed by atoms with van der Waals surface area (Å²) < 4.78 is 5.13. The summed E-state index contributed by atoms with van der Waals surface area (Å²) in [7, 11) is 1.62. The molecule has 0 unspecified atom stereocenters. The molecule has 4 heteroatoms. The Labute approximate surface area is 125 Å². The SMILES string of the molecule is COc1cccc(NCC(=O)NCCc2ccccc2)c1. The fourth-order valence-electron chi connectivity index (χ4n) is 1.97. The molecule has 110 valence electrons. The number of methoxy groups -OCH3 is 1. The molecule has 0 saturated heterocycles. The third-order valence-corrected chi connectivity index (χ3v) is 3.10. The molecule has 0 atom stereocenters. The number of carbonyl (C=O) groups is 1. The van der Waals surface area contributed by atoms with Crippen LogP contribution in [0.4, 0.5) is 5.69 Å². The molecule has 0 aliphatic rings. The van der Waals surface area contributed by atoms with Gasteiger partial charge in [0, 0.05) is 18.3 Å². The summed E-state index contributed by atoms with van der Waals surface area (Å²) in [5, 5.41) is 5.97. The van der Waals surface area contributed by atoms with Gasteiger partial charge in [-0.25, -0.2) is 0 Å². The maximum atomic E-state index is 11.8. The van der Waals surface area contributed by atoms with Crippen molar-refractivity contribution in [3.8, 4) is 5.75 Å². The zero-order valence-electron chi connectivity index (χ0n) is 12.1. The first-order chi connectivity index (χ1) is 10.3. The van der Waals surface area contributed by atoms with E-state index in [1.807, 2.05) is 42.5 Å². The second kappa shape index (κ2) is 7.94. The van der Waals surface area contributed by atoms with E-state index in [-0.39, 0.29) is 12.5 Å². The summed E-state index contributed by atoms with van der Waals surface area (Å²) >= 11 is 0. The molecule has 21 heavy (non-hydrogen) atoms. The van der Waals surface area contributed by atoms with Crippen LogP contribution in [-0.2, 0) is 11.2 Å². The van der Waals surface area contributed by atoms with Crippen molar-refractivity contribution in [2.45, 2.75) is 6.42 Å². The third-order valence-electron chi connectivity index (χ3n) is 3.10. The van der Waals surface area contributed by atoms with E-state index in [2.05, 4.69) is 22.8 Å². The van der Waals surface area contributed by atoms with Crippen molar-refractivity contribution in [3.05, 3.63) is 60.2 Å². The minimum Gasteiger partial charge on any atom is -0.497 e. The summed E-state index contributed by atoms with van der Waals surface area (Å²) in [6, 6.07) is 17.6. The van der Waals surface area contributed by atoms with Crippen molar-refractivity contribution in [2.24, 2.45) is 0 Å². The van der Waals surface area contributed by atoms with Gasteiger partial charge in [0.05, 0.1) is 13.7 Å². The highest BCUT2D eigenvalue weighted by atomic mass is 16.5. The van der Waals surface area contributed by atoms with Gasteiger partial charge in [0.15, 0.2) is 0 Å². The van der Waals surface area contributed by atoms with Crippen LogP contribution in [0, 0.1) is 0 Å². The van der Waals surface area contributed by atoms with Crippen molar-refractivity contribution in [2.75, 3.05) is 25.5 Å². The molecule has 0 radical (unpaired) electrons. The number of rotatable bonds is 7. The molecule has 1 amide bonds. The van der Waals surface area contributed by atoms with Crippen LogP contribution in [0.2, 0.25) is 0 Å². The summed E-state index contributed by atoms with van der Waals surface area (Å²) in [4.78, 5) is 11.8. The Hall–Kier alpha value is -2.49. The Morgan fingerprint density at radius 1 is 1.10 bits per heavy atom. The summed E-state index contributed by atoms with van der Waals surface area (Å²) in [6.07, 6.45) is 0.839. The number of carbonyl (C=O) groups excluding carboxylic acids is 1. The monoisotopic (exact) mass is 284 g/mol. The van der Waals surface area contributed by atoms with E-state index in [1.165, 1.54) is 5.56 Å². The highest BCUT2D eigenvalue weighted by Crippen LogP contribution is 2.16. The van der Waals surface area contributed by atoms with E-state index < -0.39 is 0 Å². The molecule has 4 nitrogen and oxygen atoms in total. The molecule has 0 spiro atoms. The molecule has 0 aliphatic carbocycles. The van der Waals surface area contributed by atoms with Crippen LogP contribution in [-0.4, -0.2) is 26.1 Å². The lowest BCUT2D eigenvalue weighted by Crippen LogP contribution is -2.31. The van der Waals surface area contributed by atoms with Gasteiger partial charge in [0.2, 0.25) is 5.91 Å². The van der Waals surface area contributed by atoms with E-state index in [4.69, 9.17) is 4.74 Å². The average Bonchev–Trinajstić information content (AvgIpc) is 2.54. The van der Waals surface area contributed by atoms with Crippen LogP contribution in [0.25, 0.3) is 0 Å². The lowest BCUT2D eigenvalue weighted by atomic mass is 10.1. The second-order valence-electron chi connectivity index (χ2n) is 4.67.